The Kier molecular flexibility index (Phi) is 5.38. The van der Waals surface area contributed by atoms with Gasteiger partial charge >= 0.3 is 0 Å². The minimum Gasteiger partial charge on any atom is -0.370 e. The van der Waals surface area contributed by atoms with E-state index in [9.17, 15) is 0 Å². The Hall–Kier alpha value is -0.940. The van der Waals surface area contributed by atoms with E-state index in [1.807, 2.05) is 0 Å². The van der Waals surface area contributed by atoms with E-state index in [-0.39, 0.29) is 11.5 Å². The molecule has 1 aromatic rings. The van der Waals surface area contributed by atoms with Crippen molar-refractivity contribution < 1.29 is 9.26 Å². The monoisotopic (exact) mass is 295 g/mol. The van der Waals surface area contributed by atoms with Gasteiger partial charge in [-0.2, -0.15) is 4.98 Å². The highest BCUT2D eigenvalue weighted by Crippen LogP contribution is 2.41. The molecule has 0 aliphatic heterocycles. The quantitative estimate of drug-likeness (QED) is 0.872. The fraction of sp³-hybridized carbons (Fsp3) is 0.875. The molecule has 0 amide bonds. The molecule has 0 saturated heterocycles. The van der Waals surface area contributed by atoms with Crippen LogP contribution >= 0.6 is 0 Å². The Morgan fingerprint density at radius 3 is 2.57 bits per heavy atom. The highest BCUT2D eigenvalue weighted by Gasteiger charge is 2.40. The first-order chi connectivity index (χ1) is 10.0. The van der Waals surface area contributed by atoms with Crippen LogP contribution in [0.15, 0.2) is 4.52 Å². The molecule has 1 unspecified atom stereocenters. The molecule has 1 aromatic heterocycles. The zero-order chi connectivity index (χ0) is 15.5. The van der Waals surface area contributed by atoms with Crippen LogP contribution in [-0.2, 0) is 10.3 Å². The summed E-state index contributed by atoms with van der Waals surface area (Å²) >= 11 is 0. The average molecular weight is 295 g/mol. The zero-order valence-electron chi connectivity index (χ0n) is 13.8. The van der Waals surface area contributed by atoms with E-state index in [1.165, 1.54) is 0 Å². The third-order valence-electron chi connectivity index (χ3n) is 4.71. The van der Waals surface area contributed by atoms with Crippen molar-refractivity contribution in [3.8, 4) is 0 Å². The number of methoxy groups -OCH3 is 1. The van der Waals surface area contributed by atoms with Crippen molar-refractivity contribution >= 4 is 0 Å². The first-order valence-electron chi connectivity index (χ1n) is 8.10. The lowest BCUT2D eigenvalue weighted by molar-refractivity contribution is -0.0609. The lowest BCUT2D eigenvalue weighted by Gasteiger charge is -2.35. The highest BCUT2D eigenvalue weighted by atomic mass is 16.5. The molecule has 0 radical (unpaired) electrons. The lowest BCUT2D eigenvalue weighted by Crippen LogP contribution is -2.34. The van der Waals surface area contributed by atoms with Crippen molar-refractivity contribution in [1.82, 2.24) is 10.1 Å². The number of nitrogens with two attached hydrogens (primary N) is 1. The number of hydrogen-bond acceptors (Lipinski definition) is 5. The zero-order valence-corrected chi connectivity index (χ0v) is 13.8. The highest BCUT2D eigenvalue weighted by molar-refractivity contribution is 5.06. The Bertz CT molecular complexity index is 436. The van der Waals surface area contributed by atoms with Crippen LogP contribution in [0.3, 0.4) is 0 Å². The van der Waals surface area contributed by atoms with Crippen LogP contribution in [0.25, 0.3) is 0 Å². The van der Waals surface area contributed by atoms with Crippen LogP contribution < -0.4 is 5.73 Å². The van der Waals surface area contributed by atoms with Crippen molar-refractivity contribution in [2.45, 2.75) is 64.4 Å². The van der Waals surface area contributed by atoms with Gasteiger partial charge in [0.05, 0.1) is 5.92 Å². The van der Waals surface area contributed by atoms with Gasteiger partial charge in [-0.05, 0) is 43.9 Å². The second-order valence-electron chi connectivity index (χ2n) is 6.90. The molecule has 2 rings (SSSR count). The Morgan fingerprint density at radius 2 is 2.05 bits per heavy atom. The molecule has 5 nitrogen and oxygen atoms in total. The van der Waals surface area contributed by atoms with Gasteiger partial charge in [0, 0.05) is 13.7 Å². The topological polar surface area (TPSA) is 74.2 Å². The van der Waals surface area contributed by atoms with Crippen LogP contribution in [0.2, 0.25) is 0 Å². The van der Waals surface area contributed by atoms with Crippen LogP contribution in [0, 0.1) is 11.8 Å². The fourth-order valence-corrected chi connectivity index (χ4v) is 3.20. The summed E-state index contributed by atoms with van der Waals surface area (Å²) in [5, 5.41) is 4.22. The molecule has 1 aliphatic rings. The van der Waals surface area contributed by atoms with E-state index in [1.54, 1.807) is 7.11 Å². The second-order valence-corrected chi connectivity index (χ2v) is 6.90. The molecule has 0 spiro atoms. The number of ether oxygens (including phenoxy) is 1. The summed E-state index contributed by atoms with van der Waals surface area (Å²) in [4.78, 5) is 4.64. The first kappa shape index (κ1) is 16.4. The predicted octanol–water partition coefficient (Wildman–Crippen LogP) is 3.21. The van der Waals surface area contributed by atoms with E-state index in [0.29, 0.717) is 24.2 Å². The molecule has 1 fully saturated rings. The number of aromatic nitrogens is 2. The third kappa shape index (κ3) is 3.64. The summed E-state index contributed by atoms with van der Waals surface area (Å²) < 4.78 is 11.3. The van der Waals surface area contributed by atoms with Crippen LogP contribution in [0.5, 0.6) is 0 Å². The summed E-state index contributed by atoms with van der Waals surface area (Å²) in [5.74, 6) is 2.81. The minimum absolute atomic E-state index is 0.141. The predicted molar refractivity (Wildman–Crippen MR) is 81.9 cm³/mol. The number of rotatable bonds is 6. The molecular weight excluding hydrogens is 266 g/mol. The lowest BCUT2D eigenvalue weighted by atomic mass is 9.79. The summed E-state index contributed by atoms with van der Waals surface area (Å²) in [6, 6.07) is 0. The average Bonchev–Trinajstić information content (AvgIpc) is 2.96. The fourth-order valence-electron chi connectivity index (χ4n) is 3.20. The molecule has 1 heterocycles. The molecule has 0 bridgehead atoms. The van der Waals surface area contributed by atoms with Crippen LogP contribution in [0.4, 0.5) is 0 Å². The third-order valence-corrected chi connectivity index (χ3v) is 4.71. The van der Waals surface area contributed by atoms with E-state index >= 15 is 0 Å². The van der Waals surface area contributed by atoms with Crippen molar-refractivity contribution in [3.05, 3.63) is 11.7 Å². The maximum atomic E-state index is 5.87. The number of nitrogens with zero attached hydrogens (tertiary/aromatic N) is 2. The van der Waals surface area contributed by atoms with E-state index < -0.39 is 0 Å². The molecule has 0 aromatic carbocycles. The van der Waals surface area contributed by atoms with Gasteiger partial charge in [0.1, 0.15) is 5.60 Å². The molecule has 1 aliphatic carbocycles. The molecule has 21 heavy (non-hydrogen) atoms. The van der Waals surface area contributed by atoms with Crippen molar-refractivity contribution in [2.75, 3.05) is 13.7 Å². The van der Waals surface area contributed by atoms with E-state index in [0.717, 1.165) is 38.0 Å². The van der Waals surface area contributed by atoms with Gasteiger partial charge in [0.25, 0.3) is 0 Å². The molecule has 5 heteroatoms. The molecule has 120 valence electrons. The van der Waals surface area contributed by atoms with Crippen molar-refractivity contribution in [2.24, 2.45) is 17.6 Å². The van der Waals surface area contributed by atoms with Gasteiger partial charge in [-0.15, -0.1) is 0 Å². The van der Waals surface area contributed by atoms with Crippen LogP contribution in [0.1, 0.15) is 70.5 Å². The first-order valence-corrected chi connectivity index (χ1v) is 8.10. The molecular formula is C16H29N3O2. The molecule has 1 atom stereocenters. The molecule has 1 saturated carbocycles. The SMILES string of the molecule is COC1(c2noc(C(CN)CC(C)C)n2)CCC(C)CC1. The van der Waals surface area contributed by atoms with Gasteiger partial charge in [-0.1, -0.05) is 25.9 Å². The Balaban J connectivity index is 2.17. The van der Waals surface area contributed by atoms with Gasteiger partial charge in [0.2, 0.25) is 11.7 Å². The number of hydrogen-bond donors (Lipinski definition) is 1. The summed E-state index contributed by atoms with van der Waals surface area (Å²) in [5.41, 5.74) is 5.50. The van der Waals surface area contributed by atoms with Gasteiger partial charge < -0.3 is 15.0 Å². The smallest absolute Gasteiger partial charge is 0.231 e. The normalized spacial score (nSPS) is 28.0. The maximum absolute atomic E-state index is 5.87. The summed E-state index contributed by atoms with van der Waals surface area (Å²) in [7, 11) is 1.75. The molecule has 2 N–H and O–H groups in total. The van der Waals surface area contributed by atoms with Crippen LogP contribution in [-0.4, -0.2) is 23.8 Å². The maximum Gasteiger partial charge on any atom is 0.231 e. The van der Waals surface area contributed by atoms with E-state index in [4.69, 9.17) is 15.0 Å². The van der Waals surface area contributed by atoms with Crippen molar-refractivity contribution in [3.63, 3.8) is 0 Å². The summed E-state index contributed by atoms with van der Waals surface area (Å²) in [6.07, 6.45) is 5.17. The Labute approximate surface area is 127 Å². The summed E-state index contributed by atoms with van der Waals surface area (Å²) in [6.45, 7) is 7.18. The van der Waals surface area contributed by atoms with Gasteiger partial charge in [0.15, 0.2) is 0 Å². The van der Waals surface area contributed by atoms with Crippen molar-refractivity contribution in [1.29, 1.82) is 0 Å². The Morgan fingerprint density at radius 1 is 1.38 bits per heavy atom. The second kappa shape index (κ2) is 6.88. The van der Waals surface area contributed by atoms with Gasteiger partial charge in [-0.3, -0.25) is 0 Å². The largest absolute Gasteiger partial charge is 0.370 e. The van der Waals surface area contributed by atoms with Gasteiger partial charge in [-0.25, -0.2) is 0 Å². The minimum atomic E-state index is -0.370. The standard InChI is InChI=1S/C16H29N3O2/c1-11(2)9-13(10-17)14-18-15(19-21-14)16(20-4)7-5-12(3)6-8-16/h11-13H,5-10,17H2,1-4H3. The van der Waals surface area contributed by atoms with E-state index in [2.05, 4.69) is 30.9 Å².